The fraction of sp³-hybridized carbons (Fsp3) is 0.667. The molecule has 4 rings (SSSR count). The molecule has 1 atom stereocenters. The second-order valence-electron chi connectivity index (χ2n) is 7.18. The zero-order valence-electron chi connectivity index (χ0n) is 13.5. The summed E-state index contributed by atoms with van der Waals surface area (Å²) in [5.41, 5.74) is 0.337. The molecule has 1 unspecified atom stereocenters. The molecule has 1 aromatic heterocycles. The predicted octanol–water partition coefficient (Wildman–Crippen LogP) is 1.84. The highest BCUT2D eigenvalue weighted by Gasteiger charge is 2.58. The number of amides is 1. The number of hydrogen-bond acceptors (Lipinski definition) is 4. The smallest absolute Gasteiger partial charge is 0.226 e. The van der Waals surface area contributed by atoms with E-state index in [1.54, 1.807) is 6.20 Å². The second kappa shape index (κ2) is 6.11. The molecular weight excluding hydrogens is 290 g/mol. The largest absolute Gasteiger partial charge is 0.474 e. The number of piperidine rings is 2. The van der Waals surface area contributed by atoms with E-state index in [2.05, 4.69) is 15.2 Å². The molecule has 5 nitrogen and oxygen atoms in total. The van der Waals surface area contributed by atoms with Crippen LogP contribution in [-0.2, 0) is 4.79 Å². The Balaban J connectivity index is 1.27. The maximum Gasteiger partial charge on any atom is 0.226 e. The van der Waals surface area contributed by atoms with Crippen molar-refractivity contribution in [2.75, 3.05) is 26.2 Å². The number of pyridine rings is 1. The molecule has 3 heterocycles. The molecule has 2 saturated heterocycles. The lowest BCUT2D eigenvalue weighted by molar-refractivity contribution is -0.135. The van der Waals surface area contributed by atoms with Crippen molar-refractivity contribution in [1.29, 1.82) is 0 Å². The van der Waals surface area contributed by atoms with Gasteiger partial charge in [0.15, 0.2) is 0 Å². The number of likely N-dealkylation sites (tertiary alicyclic amines) is 1. The number of nitrogens with one attached hydrogen (secondary N) is 1. The van der Waals surface area contributed by atoms with Crippen molar-refractivity contribution in [3.63, 3.8) is 0 Å². The lowest BCUT2D eigenvalue weighted by Crippen LogP contribution is -2.43. The first-order valence-corrected chi connectivity index (χ1v) is 8.84. The van der Waals surface area contributed by atoms with Gasteiger partial charge in [0.1, 0.15) is 6.10 Å². The van der Waals surface area contributed by atoms with Gasteiger partial charge in [-0.25, -0.2) is 4.98 Å². The summed E-state index contributed by atoms with van der Waals surface area (Å²) >= 11 is 0. The molecule has 0 bridgehead atoms. The standard InChI is InChI=1S/C18H25N3O2/c22-17(15-13-18(15)6-9-19-10-7-18)21-11-4-14(5-12-21)23-16-3-1-2-8-20-16/h1-3,8,14-15,19H,4-7,9-13H2. The van der Waals surface area contributed by atoms with Gasteiger partial charge in [-0.2, -0.15) is 0 Å². The topological polar surface area (TPSA) is 54.5 Å². The number of ether oxygens (including phenoxy) is 1. The van der Waals surface area contributed by atoms with Gasteiger partial charge in [-0.3, -0.25) is 4.79 Å². The Morgan fingerprint density at radius 1 is 1.26 bits per heavy atom. The van der Waals surface area contributed by atoms with E-state index in [-0.39, 0.29) is 12.0 Å². The fourth-order valence-corrected chi connectivity index (χ4v) is 4.18. The third kappa shape index (κ3) is 3.07. The average molecular weight is 315 g/mol. The summed E-state index contributed by atoms with van der Waals surface area (Å²) in [7, 11) is 0. The van der Waals surface area contributed by atoms with Crippen LogP contribution in [0.4, 0.5) is 0 Å². The highest BCUT2D eigenvalue weighted by atomic mass is 16.5. The van der Waals surface area contributed by atoms with E-state index in [1.807, 2.05) is 18.2 Å². The van der Waals surface area contributed by atoms with Gasteiger partial charge >= 0.3 is 0 Å². The summed E-state index contributed by atoms with van der Waals surface area (Å²) < 4.78 is 5.91. The van der Waals surface area contributed by atoms with Crippen molar-refractivity contribution < 1.29 is 9.53 Å². The fourth-order valence-electron chi connectivity index (χ4n) is 4.18. The van der Waals surface area contributed by atoms with Crippen LogP contribution in [0.3, 0.4) is 0 Å². The van der Waals surface area contributed by atoms with E-state index >= 15 is 0 Å². The van der Waals surface area contributed by atoms with E-state index in [4.69, 9.17) is 4.74 Å². The number of rotatable bonds is 3. The number of nitrogens with zero attached hydrogens (tertiary/aromatic N) is 2. The first-order chi connectivity index (χ1) is 11.3. The monoisotopic (exact) mass is 315 g/mol. The Kier molecular flexibility index (Phi) is 3.97. The molecule has 1 aromatic rings. The molecule has 3 fully saturated rings. The van der Waals surface area contributed by atoms with Gasteiger partial charge in [-0.15, -0.1) is 0 Å². The minimum absolute atomic E-state index is 0.181. The highest BCUT2D eigenvalue weighted by molar-refractivity contribution is 5.82. The third-order valence-corrected chi connectivity index (χ3v) is 5.77. The average Bonchev–Trinajstić information content (AvgIpc) is 3.29. The van der Waals surface area contributed by atoms with E-state index < -0.39 is 0 Å². The molecule has 2 aliphatic heterocycles. The summed E-state index contributed by atoms with van der Waals surface area (Å²) in [6.45, 7) is 3.79. The van der Waals surface area contributed by atoms with Gasteiger partial charge in [0, 0.05) is 44.1 Å². The summed E-state index contributed by atoms with van der Waals surface area (Å²) in [6, 6.07) is 5.72. The van der Waals surface area contributed by atoms with Gasteiger partial charge in [-0.05, 0) is 43.8 Å². The highest BCUT2D eigenvalue weighted by Crippen LogP contribution is 2.59. The molecule has 1 aliphatic carbocycles. The molecule has 1 saturated carbocycles. The summed E-state index contributed by atoms with van der Waals surface area (Å²) in [5.74, 6) is 1.37. The normalized spacial score (nSPS) is 27.0. The number of carbonyl (C=O) groups is 1. The molecule has 3 aliphatic rings. The molecule has 1 spiro atoms. The van der Waals surface area contributed by atoms with Gasteiger partial charge < -0.3 is 15.0 Å². The second-order valence-corrected chi connectivity index (χ2v) is 7.18. The quantitative estimate of drug-likeness (QED) is 0.925. The first-order valence-electron chi connectivity index (χ1n) is 8.84. The van der Waals surface area contributed by atoms with Crippen LogP contribution in [0.15, 0.2) is 24.4 Å². The summed E-state index contributed by atoms with van der Waals surface area (Å²) in [5, 5.41) is 3.40. The lowest BCUT2D eigenvalue weighted by atomic mass is 9.91. The van der Waals surface area contributed by atoms with Crippen LogP contribution < -0.4 is 10.1 Å². The first kappa shape index (κ1) is 14.9. The van der Waals surface area contributed by atoms with Crippen LogP contribution in [-0.4, -0.2) is 48.1 Å². The molecule has 23 heavy (non-hydrogen) atoms. The number of carbonyl (C=O) groups excluding carboxylic acids is 1. The van der Waals surface area contributed by atoms with Crippen LogP contribution in [0.25, 0.3) is 0 Å². The molecule has 1 amide bonds. The van der Waals surface area contributed by atoms with E-state index in [0.717, 1.165) is 45.4 Å². The van der Waals surface area contributed by atoms with Crippen LogP contribution in [0.5, 0.6) is 5.88 Å². The van der Waals surface area contributed by atoms with Crippen molar-refractivity contribution in [2.45, 2.75) is 38.2 Å². The molecule has 5 heteroatoms. The van der Waals surface area contributed by atoms with Crippen molar-refractivity contribution in [3.05, 3.63) is 24.4 Å². The van der Waals surface area contributed by atoms with E-state index in [9.17, 15) is 4.79 Å². The number of aromatic nitrogens is 1. The third-order valence-electron chi connectivity index (χ3n) is 5.77. The van der Waals surface area contributed by atoms with Crippen molar-refractivity contribution in [1.82, 2.24) is 15.2 Å². The Hall–Kier alpha value is -1.62. The predicted molar refractivity (Wildman–Crippen MR) is 87.1 cm³/mol. The van der Waals surface area contributed by atoms with Crippen LogP contribution in [0.1, 0.15) is 32.1 Å². The van der Waals surface area contributed by atoms with Crippen LogP contribution in [0.2, 0.25) is 0 Å². The molecule has 1 N–H and O–H groups in total. The van der Waals surface area contributed by atoms with E-state index in [1.165, 1.54) is 12.8 Å². The maximum absolute atomic E-state index is 12.8. The zero-order valence-corrected chi connectivity index (χ0v) is 13.5. The molecule has 124 valence electrons. The maximum atomic E-state index is 12.8. The minimum atomic E-state index is 0.181. The Bertz CT molecular complexity index is 549. The van der Waals surface area contributed by atoms with Gasteiger partial charge in [0.2, 0.25) is 11.8 Å². The van der Waals surface area contributed by atoms with Gasteiger partial charge in [0.25, 0.3) is 0 Å². The van der Waals surface area contributed by atoms with Crippen LogP contribution in [0, 0.1) is 11.3 Å². The Morgan fingerprint density at radius 3 is 2.74 bits per heavy atom. The molecular formula is C18H25N3O2. The zero-order chi connectivity index (χ0) is 15.7. The minimum Gasteiger partial charge on any atom is -0.474 e. The van der Waals surface area contributed by atoms with Crippen molar-refractivity contribution in [3.8, 4) is 5.88 Å². The van der Waals surface area contributed by atoms with Gasteiger partial charge in [0.05, 0.1) is 0 Å². The molecule has 0 radical (unpaired) electrons. The van der Waals surface area contributed by atoms with E-state index in [0.29, 0.717) is 17.2 Å². The van der Waals surface area contributed by atoms with Crippen molar-refractivity contribution in [2.24, 2.45) is 11.3 Å². The number of hydrogen-bond donors (Lipinski definition) is 1. The summed E-state index contributed by atoms with van der Waals surface area (Å²) in [6.07, 6.45) is 7.19. The lowest BCUT2D eigenvalue weighted by Gasteiger charge is -2.33. The van der Waals surface area contributed by atoms with Gasteiger partial charge in [-0.1, -0.05) is 6.07 Å². The molecule has 0 aromatic carbocycles. The Morgan fingerprint density at radius 2 is 2.04 bits per heavy atom. The van der Waals surface area contributed by atoms with Crippen molar-refractivity contribution >= 4 is 5.91 Å². The SMILES string of the molecule is O=C(C1CC12CCNCC2)N1CCC(Oc2ccccn2)CC1. The Labute approximate surface area is 137 Å². The van der Waals surface area contributed by atoms with Crippen LogP contribution >= 0.6 is 0 Å². The summed E-state index contributed by atoms with van der Waals surface area (Å²) in [4.78, 5) is 19.0.